The maximum Gasteiger partial charge on any atom is 0.226 e. The third-order valence-corrected chi connectivity index (χ3v) is 4.57. The van der Waals surface area contributed by atoms with Crippen molar-refractivity contribution < 1.29 is 4.79 Å². The van der Waals surface area contributed by atoms with Gasteiger partial charge in [-0.15, -0.1) is 0 Å². The van der Waals surface area contributed by atoms with Gasteiger partial charge in [0.15, 0.2) is 0 Å². The number of carbonyl (C=O) groups is 1. The minimum absolute atomic E-state index is 0.0640. The fourth-order valence-electron chi connectivity index (χ4n) is 3.12. The summed E-state index contributed by atoms with van der Waals surface area (Å²) in [6, 6.07) is 12.8. The van der Waals surface area contributed by atoms with E-state index in [1.165, 1.54) is 5.56 Å². The summed E-state index contributed by atoms with van der Waals surface area (Å²) in [4.78, 5) is 16.6. The van der Waals surface area contributed by atoms with E-state index in [1.54, 1.807) is 0 Å². The van der Waals surface area contributed by atoms with Crippen LogP contribution in [-0.2, 0) is 11.2 Å². The first kappa shape index (κ1) is 15.8. The Kier molecular flexibility index (Phi) is 4.46. The van der Waals surface area contributed by atoms with Gasteiger partial charge in [-0.2, -0.15) is 5.10 Å². The van der Waals surface area contributed by atoms with E-state index in [0.29, 0.717) is 12.5 Å². The third kappa shape index (κ3) is 4.05. The molecule has 2 heterocycles. The van der Waals surface area contributed by atoms with Crippen LogP contribution in [0.15, 0.2) is 47.1 Å². The Labute approximate surface area is 147 Å². The van der Waals surface area contributed by atoms with Crippen LogP contribution in [0.3, 0.4) is 0 Å². The fourth-order valence-corrected chi connectivity index (χ4v) is 3.12. The van der Waals surface area contributed by atoms with E-state index in [1.807, 2.05) is 24.4 Å². The van der Waals surface area contributed by atoms with E-state index in [-0.39, 0.29) is 5.91 Å². The first-order valence-corrected chi connectivity index (χ1v) is 8.90. The van der Waals surface area contributed by atoms with Gasteiger partial charge in [0.1, 0.15) is 0 Å². The smallest absolute Gasteiger partial charge is 0.226 e. The van der Waals surface area contributed by atoms with Gasteiger partial charge in [-0.3, -0.25) is 14.9 Å². The second kappa shape index (κ2) is 7.05. The van der Waals surface area contributed by atoms with E-state index < -0.39 is 0 Å². The molecule has 5 nitrogen and oxygen atoms in total. The number of amides is 1. The molecule has 1 saturated carbocycles. The van der Waals surface area contributed by atoms with Gasteiger partial charge in [0.05, 0.1) is 17.8 Å². The van der Waals surface area contributed by atoms with Gasteiger partial charge in [-0.05, 0) is 37.3 Å². The Morgan fingerprint density at radius 2 is 2.08 bits per heavy atom. The summed E-state index contributed by atoms with van der Waals surface area (Å²) in [5, 5.41) is 10.6. The minimum Gasteiger partial charge on any atom is -0.353 e. The first-order chi connectivity index (χ1) is 12.3. The Morgan fingerprint density at radius 1 is 1.24 bits per heavy atom. The average molecular weight is 334 g/mol. The number of aromatic nitrogens is 2. The summed E-state index contributed by atoms with van der Waals surface area (Å²) in [6.07, 6.45) is 7.03. The minimum atomic E-state index is 0.0640. The number of H-pyrrole nitrogens is 1. The second-order valence-electron chi connectivity index (χ2n) is 6.73. The van der Waals surface area contributed by atoms with Crippen molar-refractivity contribution in [3.63, 3.8) is 0 Å². The average Bonchev–Trinajstić information content (AvgIpc) is 3.32. The van der Waals surface area contributed by atoms with Crippen LogP contribution in [0.1, 0.15) is 49.1 Å². The van der Waals surface area contributed by atoms with Crippen molar-refractivity contribution in [2.45, 2.75) is 44.6 Å². The van der Waals surface area contributed by atoms with E-state index in [9.17, 15) is 4.79 Å². The maximum atomic E-state index is 12.1. The van der Waals surface area contributed by atoms with Crippen LogP contribution < -0.4 is 5.32 Å². The molecule has 25 heavy (non-hydrogen) atoms. The van der Waals surface area contributed by atoms with Gasteiger partial charge >= 0.3 is 0 Å². The largest absolute Gasteiger partial charge is 0.353 e. The molecule has 4 rings (SSSR count). The summed E-state index contributed by atoms with van der Waals surface area (Å²) in [5.74, 6) is 0.0640. The lowest BCUT2D eigenvalue weighted by Gasteiger charge is -2.13. The molecular formula is C20H22N4O. The van der Waals surface area contributed by atoms with E-state index in [2.05, 4.69) is 38.7 Å². The highest BCUT2D eigenvalue weighted by Gasteiger charge is 2.24. The van der Waals surface area contributed by atoms with Gasteiger partial charge in [0.2, 0.25) is 5.91 Å². The number of hydrogen-bond acceptors (Lipinski definition) is 3. The molecule has 1 aliphatic carbocycles. The molecule has 1 aliphatic heterocycles. The molecule has 0 spiro atoms. The molecule has 0 radical (unpaired) electrons. The van der Waals surface area contributed by atoms with Gasteiger partial charge in [-0.1, -0.05) is 30.3 Å². The number of benzene rings is 1. The van der Waals surface area contributed by atoms with Gasteiger partial charge < -0.3 is 5.32 Å². The van der Waals surface area contributed by atoms with Crippen LogP contribution in [0, 0.1) is 0 Å². The summed E-state index contributed by atoms with van der Waals surface area (Å²) in [7, 11) is 0. The van der Waals surface area contributed by atoms with Crippen LogP contribution >= 0.6 is 0 Å². The number of rotatable bonds is 6. The summed E-state index contributed by atoms with van der Waals surface area (Å²) in [5.41, 5.74) is 5.17. The van der Waals surface area contributed by atoms with Crippen molar-refractivity contribution in [1.29, 1.82) is 0 Å². The highest BCUT2D eigenvalue weighted by molar-refractivity contribution is 5.85. The lowest BCUT2D eigenvalue weighted by Crippen LogP contribution is -2.25. The van der Waals surface area contributed by atoms with Crippen LogP contribution in [0.5, 0.6) is 0 Å². The number of hydrogen-bond donors (Lipinski definition) is 2. The summed E-state index contributed by atoms with van der Waals surface area (Å²) >= 11 is 0. The lowest BCUT2D eigenvalue weighted by molar-refractivity contribution is -0.120. The zero-order valence-corrected chi connectivity index (χ0v) is 14.2. The highest BCUT2D eigenvalue weighted by atomic mass is 16.1. The molecule has 128 valence electrons. The zero-order valence-electron chi connectivity index (χ0n) is 14.2. The molecule has 0 saturated heterocycles. The maximum absolute atomic E-state index is 12.1. The molecule has 1 amide bonds. The predicted molar refractivity (Wildman–Crippen MR) is 98.3 cm³/mol. The molecule has 0 atom stereocenters. The van der Waals surface area contributed by atoms with Crippen molar-refractivity contribution in [1.82, 2.24) is 15.5 Å². The topological polar surface area (TPSA) is 70.1 Å². The molecule has 2 N–H and O–H groups in total. The number of nitrogens with one attached hydrogen (secondary N) is 2. The third-order valence-electron chi connectivity index (χ3n) is 4.57. The van der Waals surface area contributed by atoms with Crippen LogP contribution in [0.4, 0.5) is 0 Å². The van der Waals surface area contributed by atoms with Gasteiger partial charge in [-0.25, -0.2) is 0 Å². The van der Waals surface area contributed by atoms with Crippen molar-refractivity contribution in [2.75, 3.05) is 0 Å². The van der Waals surface area contributed by atoms with Crippen molar-refractivity contribution in [3.05, 3.63) is 59.0 Å². The summed E-state index contributed by atoms with van der Waals surface area (Å²) < 4.78 is 0. The SMILES string of the molecule is O=C(CC1=C(c2cc(Cc3ccccc3)[nH]n2)CCC=N1)NC1CC1. The molecule has 5 heteroatoms. The number of carbonyl (C=O) groups excluding carboxylic acids is 1. The molecule has 2 aliphatic rings. The van der Waals surface area contributed by atoms with E-state index >= 15 is 0 Å². The van der Waals surface area contributed by atoms with Crippen molar-refractivity contribution in [2.24, 2.45) is 4.99 Å². The fraction of sp³-hybridized carbons (Fsp3) is 0.350. The molecule has 1 aromatic heterocycles. The Balaban J connectivity index is 1.51. The Morgan fingerprint density at radius 3 is 2.88 bits per heavy atom. The number of aromatic amines is 1. The Hall–Kier alpha value is -2.69. The van der Waals surface area contributed by atoms with E-state index in [0.717, 1.165) is 54.8 Å². The zero-order chi connectivity index (χ0) is 17.1. The van der Waals surface area contributed by atoms with E-state index in [4.69, 9.17) is 0 Å². The summed E-state index contributed by atoms with van der Waals surface area (Å²) in [6.45, 7) is 0. The second-order valence-corrected chi connectivity index (χ2v) is 6.73. The van der Waals surface area contributed by atoms with Gasteiger partial charge in [0.25, 0.3) is 0 Å². The normalized spacial score (nSPS) is 17.0. The van der Waals surface area contributed by atoms with Crippen LogP contribution in [0.2, 0.25) is 0 Å². The van der Waals surface area contributed by atoms with Crippen molar-refractivity contribution in [3.8, 4) is 0 Å². The monoisotopic (exact) mass is 334 g/mol. The van der Waals surface area contributed by atoms with Crippen LogP contribution in [-0.4, -0.2) is 28.4 Å². The molecule has 2 aromatic rings. The molecular weight excluding hydrogens is 312 g/mol. The molecule has 0 unspecified atom stereocenters. The van der Waals surface area contributed by atoms with Gasteiger partial charge in [0, 0.05) is 29.9 Å². The molecule has 0 bridgehead atoms. The predicted octanol–water partition coefficient (Wildman–Crippen LogP) is 3.24. The highest BCUT2D eigenvalue weighted by Crippen LogP contribution is 2.29. The quantitative estimate of drug-likeness (QED) is 0.851. The number of allylic oxidation sites excluding steroid dienone is 1. The standard InChI is InChI=1S/C20H22N4O/c25-20(22-15-8-9-15)13-18-17(7-4-10-21-18)19-12-16(23-24-19)11-14-5-2-1-3-6-14/h1-3,5-6,10,12,15H,4,7-9,11,13H2,(H,22,25)(H,23,24). The molecule has 1 fully saturated rings. The first-order valence-electron chi connectivity index (χ1n) is 8.90. The Bertz CT molecular complexity index is 815. The lowest BCUT2D eigenvalue weighted by atomic mass is 9.99. The van der Waals surface area contributed by atoms with Crippen molar-refractivity contribution >= 4 is 17.7 Å². The number of nitrogens with zero attached hydrogens (tertiary/aromatic N) is 2. The molecule has 1 aromatic carbocycles. The van der Waals surface area contributed by atoms with Crippen LogP contribution in [0.25, 0.3) is 5.57 Å². The number of aliphatic imine (C=N–C) groups is 1.